The summed E-state index contributed by atoms with van der Waals surface area (Å²) in [6, 6.07) is 22.8. The second kappa shape index (κ2) is 14.8. The van der Waals surface area contributed by atoms with Crippen molar-refractivity contribution in [1.29, 1.82) is 0 Å². The first-order valence-electron chi connectivity index (χ1n) is 15.7. The first-order chi connectivity index (χ1) is 22.5. The SMILES string of the molecule is CN(C)C/C=C/C(=O)Nc1ccc(C(=O)Nc2cccc(NC3NNC4C3CN(C(=O)N[C@H](CO)c3ccccc3)C4(C)C)c2)cc1. The molecule has 2 fully saturated rings. The summed E-state index contributed by atoms with van der Waals surface area (Å²) < 4.78 is 0. The largest absolute Gasteiger partial charge is 0.394 e. The highest BCUT2D eigenvalue weighted by Crippen LogP contribution is 2.38. The number of aliphatic hydroxyl groups excluding tert-OH is 1. The van der Waals surface area contributed by atoms with E-state index in [-0.39, 0.29) is 42.6 Å². The molecule has 0 spiro atoms. The highest BCUT2D eigenvalue weighted by Gasteiger charge is 2.55. The quantitative estimate of drug-likeness (QED) is 0.158. The zero-order valence-electron chi connectivity index (χ0n) is 27.2. The van der Waals surface area contributed by atoms with Crippen LogP contribution in [0, 0.1) is 5.92 Å². The summed E-state index contributed by atoms with van der Waals surface area (Å²) in [7, 11) is 3.85. The van der Waals surface area contributed by atoms with Crippen LogP contribution in [0.25, 0.3) is 0 Å². The van der Waals surface area contributed by atoms with Gasteiger partial charge in [-0.15, -0.1) is 0 Å². The number of likely N-dealkylation sites (N-methyl/N-ethyl adjacent to an activating group) is 1. The van der Waals surface area contributed by atoms with Crippen LogP contribution in [0.4, 0.5) is 21.9 Å². The normalized spacial score (nSPS) is 20.6. The van der Waals surface area contributed by atoms with Gasteiger partial charge in [0.1, 0.15) is 0 Å². The molecule has 2 aliphatic heterocycles. The van der Waals surface area contributed by atoms with E-state index in [2.05, 4.69) is 32.1 Å². The van der Waals surface area contributed by atoms with E-state index in [1.807, 2.05) is 92.3 Å². The fraction of sp³-hybridized carbons (Fsp3) is 0.343. The molecule has 12 nitrogen and oxygen atoms in total. The minimum Gasteiger partial charge on any atom is -0.394 e. The van der Waals surface area contributed by atoms with E-state index in [0.717, 1.165) is 11.3 Å². The second-order valence-electron chi connectivity index (χ2n) is 12.7. The average Bonchev–Trinajstić information content (AvgIpc) is 3.57. The van der Waals surface area contributed by atoms with Crippen LogP contribution in [-0.2, 0) is 4.79 Å². The van der Waals surface area contributed by atoms with Crippen molar-refractivity contribution in [2.45, 2.75) is 37.6 Å². The predicted octanol–water partition coefficient (Wildman–Crippen LogP) is 3.36. The minimum atomic E-state index is -0.508. The molecular weight excluding hydrogens is 596 g/mol. The molecule has 12 heteroatoms. The van der Waals surface area contributed by atoms with E-state index >= 15 is 0 Å². The smallest absolute Gasteiger partial charge is 0.318 e. The molecule has 2 saturated heterocycles. The highest BCUT2D eigenvalue weighted by atomic mass is 16.3. The number of carbonyl (C=O) groups excluding carboxylic acids is 3. The van der Waals surface area contributed by atoms with Gasteiger partial charge in [0.15, 0.2) is 0 Å². The second-order valence-corrected chi connectivity index (χ2v) is 12.7. The lowest BCUT2D eigenvalue weighted by Crippen LogP contribution is -2.57. The van der Waals surface area contributed by atoms with Crippen molar-refractivity contribution in [3.63, 3.8) is 0 Å². The molecule has 0 bridgehead atoms. The van der Waals surface area contributed by atoms with Gasteiger partial charge in [-0.3, -0.25) is 15.0 Å². The number of carbonyl (C=O) groups is 3. The Morgan fingerprint density at radius 3 is 2.38 bits per heavy atom. The van der Waals surface area contributed by atoms with Gasteiger partial charge in [-0.1, -0.05) is 42.5 Å². The number of benzene rings is 3. The number of rotatable bonds is 11. The highest BCUT2D eigenvalue weighted by molar-refractivity contribution is 6.05. The molecule has 5 rings (SSSR count). The third-order valence-electron chi connectivity index (χ3n) is 8.63. The fourth-order valence-electron chi connectivity index (χ4n) is 6.07. The predicted molar refractivity (Wildman–Crippen MR) is 184 cm³/mol. The van der Waals surface area contributed by atoms with Gasteiger partial charge in [0.2, 0.25) is 5.91 Å². The number of aliphatic hydroxyl groups is 1. The maximum absolute atomic E-state index is 13.5. The van der Waals surface area contributed by atoms with Crippen LogP contribution >= 0.6 is 0 Å². The molecule has 3 aromatic rings. The Morgan fingerprint density at radius 1 is 0.957 bits per heavy atom. The summed E-state index contributed by atoms with van der Waals surface area (Å²) >= 11 is 0. The fourth-order valence-corrected chi connectivity index (χ4v) is 6.07. The number of hydrazine groups is 1. The van der Waals surface area contributed by atoms with Crippen LogP contribution in [0.5, 0.6) is 0 Å². The Balaban J connectivity index is 1.17. The van der Waals surface area contributed by atoms with Gasteiger partial charge in [-0.2, -0.15) is 0 Å². The summed E-state index contributed by atoms with van der Waals surface area (Å²) in [5.74, 6) is -0.467. The lowest BCUT2D eigenvalue weighted by molar-refractivity contribution is -0.111. The van der Waals surface area contributed by atoms with Gasteiger partial charge in [0, 0.05) is 47.7 Å². The third-order valence-corrected chi connectivity index (χ3v) is 8.63. The summed E-state index contributed by atoms with van der Waals surface area (Å²) in [6.45, 7) is 5.02. The number of likely N-dealkylation sites (tertiary alicyclic amines) is 1. The average molecular weight is 641 g/mol. The molecule has 4 atom stereocenters. The molecule has 2 aliphatic rings. The Bertz CT molecular complexity index is 1580. The Morgan fingerprint density at radius 2 is 1.68 bits per heavy atom. The summed E-state index contributed by atoms with van der Waals surface area (Å²) in [5.41, 5.74) is 9.52. The van der Waals surface area contributed by atoms with Gasteiger partial charge in [0.05, 0.1) is 30.4 Å². The molecule has 4 amide bonds. The molecule has 0 saturated carbocycles. The molecule has 3 unspecified atom stereocenters. The van der Waals surface area contributed by atoms with E-state index in [0.29, 0.717) is 30.0 Å². The Kier molecular flexibility index (Phi) is 10.6. The summed E-state index contributed by atoms with van der Waals surface area (Å²) in [4.78, 5) is 42.4. The number of urea groups is 1. The van der Waals surface area contributed by atoms with Crippen molar-refractivity contribution < 1.29 is 19.5 Å². The number of amides is 4. The maximum atomic E-state index is 13.5. The van der Waals surface area contributed by atoms with E-state index in [1.54, 1.807) is 30.3 Å². The summed E-state index contributed by atoms with van der Waals surface area (Å²) in [6.07, 6.45) is 3.08. The number of hydrogen-bond donors (Lipinski definition) is 7. The van der Waals surface area contributed by atoms with E-state index < -0.39 is 11.6 Å². The number of nitrogens with one attached hydrogen (secondary N) is 6. The van der Waals surface area contributed by atoms with Gasteiger partial charge >= 0.3 is 6.03 Å². The molecule has 47 heavy (non-hydrogen) atoms. The van der Waals surface area contributed by atoms with Crippen LogP contribution < -0.4 is 32.1 Å². The van der Waals surface area contributed by atoms with E-state index in [9.17, 15) is 19.5 Å². The molecule has 0 radical (unpaired) electrons. The lowest BCUT2D eigenvalue weighted by atomic mass is 9.90. The van der Waals surface area contributed by atoms with Gasteiger partial charge in [0.25, 0.3) is 5.91 Å². The zero-order valence-corrected chi connectivity index (χ0v) is 27.2. The number of fused-ring (bicyclic) bond motifs is 1. The van der Waals surface area contributed by atoms with Crippen molar-refractivity contribution in [3.8, 4) is 0 Å². The molecular formula is C35H44N8O4. The first kappa shape index (κ1) is 33.6. The van der Waals surface area contributed by atoms with Crippen LogP contribution in [0.3, 0.4) is 0 Å². The number of anilines is 3. The summed E-state index contributed by atoms with van der Waals surface area (Å²) in [5, 5.41) is 22.2. The van der Waals surface area contributed by atoms with E-state index in [4.69, 9.17) is 0 Å². The van der Waals surface area contributed by atoms with Crippen molar-refractivity contribution in [3.05, 3.63) is 102 Å². The monoisotopic (exact) mass is 640 g/mol. The van der Waals surface area contributed by atoms with Gasteiger partial charge in [-0.05, 0) is 76.0 Å². The topological polar surface area (TPSA) is 150 Å². The van der Waals surface area contributed by atoms with Crippen LogP contribution in [-0.4, -0.2) is 84.3 Å². The van der Waals surface area contributed by atoms with Crippen LogP contribution in [0.1, 0.15) is 35.8 Å². The number of hydrogen-bond acceptors (Lipinski definition) is 8. The molecule has 7 N–H and O–H groups in total. The number of nitrogens with zero attached hydrogens (tertiary/aromatic N) is 2. The van der Waals surface area contributed by atoms with Crippen LogP contribution in [0.2, 0.25) is 0 Å². The van der Waals surface area contributed by atoms with Crippen molar-refractivity contribution >= 4 is 34.9 Å². The lowest BCUT2D eigenvalue weighted by Gasteiger charge is -2.36. The van der Waals surface area contributed by atoms with Gasteiger partial charge in [-0.25, -0.2) is 10.2 Å². The van der Waals surface area contributed by atoms with E-state index in [1.165, 1.54) is 6.08 Å². The molecule has 0 aliphatic carbocycles. The van der Waals surface area contributed by atoms with Crippen molar-refractivity contribution in [2.75, 3.05) is 49.7 Å². The molecule has 248 valence electrons. The third kappa shape index (κ3) is 8.16. The Hall–Kier alpha value is -4.75. The molecule has 3 aromatic carbocycles. The van der Waals surface area contributed by atoms with Gasteiger partial charge < -0.3 is 36.2 Å². The molecule has 2 heterocycles. The maximum Gasteiger partial charge on any atom is 0.318 e. The molecule has 0 aromatic heterocycles. The zero-order chi connectivity index (χ0) is 33.6. The van der Waals surface area contributed by atoms with Crippen LogP contribution in [0.15, 0.2) is 91.0 Å². The van der Waals surface area contributed by atoms with Crippen molar-refractivity contribution in [2.24, 2.45) is 5.92 Å². The standard InChI is InChI=1S/C35H44N8O4/c1-35(2)31-28(21-43(35)34(47)39-29(22-44)23-10-6-5-7-11-23)32(41-40-31)37-26-12-8-13-27(20-26)38-33(46)24-15-17-25(18-16-24)36-30(45)14-9-19-42(3)4/h5-18,20,28-29,31-32,37,40-41,44H,19,21-22H2,1-4H3,(H,36,45)(H,38,46)(H,39,47)/b14-9+/t28?,29-,31?,32?/m1/s1. The minimum absolute atomic E-state index is 0.0280. The first-order valence-corrected chi connectivity index (χ1v) is 15.7. The Labute approximate surface area is 275 Å². The van der Waals surface area contributed by atoms with Crippen molar-refractivity contribution in [1.82, 2.24) is 26.0 Å².